The quantitative estimate of drug-likeness (QED) is 0.289. The Morgan fingerprint density at radius 1 is 1.27 bits per heavy atom. The molecule has 0 rings (SSSR count). The Kier molecular flexibility index (Phi) is 7.83. The second-order valence-electron chi connectivity index (χ2n) is 2.76. The van der Waals surface area contributed by atoms with Crippen molar-refractivity contribution in [1.82, 2.24) is 10.9 Å². The van der Waals surface area contributed by atoms with Crippen LogP contribution < -0.4 is 22.3 Å². The Morgan fingerprint density at radius 2 is 1.91 bits per heavy atom. The molecule has 0 aliphatic carbocycles. The molecule has 4 heteroatoms. The number of nitrogens with one attached hydrogen (secondary N) is 2. The average molecular weight is 160 g/mol. The van der Waals surface area contributed by atoms with Gasteiger partial charge in [-0.2, -0.15) is 0 Å². The van der Waals surface area contributed by atoms with Crippen molar-refractivity contribution >= 4 is 0 Å². The van der Waals surface area contributed by atoms with Crippen molar-refractivity contribution in [3.8, 4) is 0 Å². The first-order chi connectivity index (χ1) is 5.27. The van der Waals surface area contributed by atoms with Gasteiger partial charge in [-0.3, -0.25) is 10.9 Å². The third kappa shape index (κ3) is 9.84. The molecule has 68 valence electrons. The second kappa shape index (κ2) is 7.94. The number of hydrogen-bond acceptors (Lipinski definition) is 4. The molecule has 0 saturated carbocycles. The van der Waals surface area contributed by atoms with Gasteiger partial charge in [0.25, 0.3) is 0 Å². The topological polar surface area (TPSA) is 76.1 Å². The lowest BCUT2D eigenvalue weighted by atomic mass is 10.3. The lowest BCUT2D eigenvalue weighted by molar-refractivity contribution is 0.494. The van der Waals surface area contributed by atoms with Crippen LogP contribution in [0.1, 0.15) is 19.8 Å². The molecule has 6 N–H and O–H groups in total. The van der Waals surface area contributed by atoms with Crippen LogP contribution in [0.2, 0.25) is 0 Å². The molecule has 0 aromatic carbocycles. The van der Waals surface area contributed by atoms with E-state index < -0.39 is 0 Å². The maximum atomic E-state index is 5.55. The number of hydrogen-bond donors (Lipinski definition) is 4. The van der Waals surface area contributed by atoms with Gasteiger partial charge < -0.3 is 11.5 Å². The molecular formula is C7H20N4. The summed E-state index contributed by atoms with van der Waals surface area (Å²) in [5.41, 5.74) is 17.0. The highest BCUT2D eigenvalue weighted by molar-refractivity contribution is 4.53. The van der Waals surface area contributed by atoms with Crippen molar-refractivity contribution in [1.29, 1.82) is 0 Å². The molecule has 0 aromatic rings. The smallest absolute Gasteiger partial charge is 0.0114 e. The fraction of sp³-hybridized carbons (Fsp3) is 1.00. The third-order valence-corrected chi connectivity index (χ3v) is 1.36. The van der Waals surface area contributed by atoms with E-state index in [1.807, 2.05) is 6.92 Å². The van der Waals surface area contributed by atoms with Gasteiger partial charge in [-0.25, -0.2) is 0 Å². The lowest BCUT2D eigenvalue weighted by Gasteiger charge is -2.07. The van der Waals surface area contributed by atoms with E-state index >= 15 is 0 Å². The fourth-order valence-corrected chi connectivity index (χ4v) is 0.667. The van der Waals surface area contributed by atoms with Crippen LogP contribution in [0, 0.1) is 0 Å². The van der Waals surface area contributed by atoms with E-state index in [-0.39, 0.29) is 6.04 Å². The monoisotopic (exact) mass is 160 g/mol. The SMILES string of the molecule is CC(N)CCNNCCCN. The fourth-order valence-electron chi connectivity index (χ4n) is 0.667. The molecular weight excluding hydrogens is 140 g/mol. The van der Waals surface area contributed by atoms with E-state index in [2.05, 4.69) is 10.9 Å². The Balaban J connectivity index is 2.80. The molecule has 0 fully saturated rings. The largest absolute Gasteiger partial charge is 0.330 e. The normalized spacial score (nSPS) is 13.4. The first-order valence-electron chi connectivity index (χ1n) is 4.18. The van der Waals surface area contributed by atoms with Gasteiger partial charge in [0.05, 0.1) is 0 Å². The van der Waals surface area contributed by atoms with Crippen LogP contribution in [0.3, 0.4) is 0 Å². The molecule has 0 aromatic heterocycles. The molecule has 0 aliphatic heterocycles. The van der Waals surface area contributed by atoms with Crippen LogP contribution in [-0.2, 0) is 0 Å². The van der Waals surface area contributed by atoms with Gasteiger partial charge in [0.2, 0.25) is 0 Å². The summed E-state index contributed by atoms with van der Waals surface area (Å²) in [6, 6.07) is 0.277. The van der Waals surface area contributed by atoms with Crippen molar-refractivity contribution in [3.63, 3.8) is 0 Å². The van der Waals surface area contributed by atoms with E-state index in [0.29, 0.717) is 0 Å². The van der Waals surface area contributed by atoms with Crippen LogP contribution in [0.5, 0.6) is 0 Å². The summed E-state index contributed by atoms with van der Waals surface area (Å²) in [6.07, 6.45) is 2.00. The maximum absolute atomic E-state index is 5.55. The highest BCUT2D eigenvalue weighted by atomic mass is 15.3. The summed E-state index contributed by atoms with van der Waals surface area (Å²) < 4.78 is 0. The molecule has 1 unspecified atom stereocenters. The minimum atomic E-state index is 0.277. The summed E-state index contributed by atoms with van der Waals surface area (Å²) in [7, 11) is 0. The summed E-state index contributed by atoms with van der Waals surface area (Å²) in [6.45, 7) is 4.58. The average Bonchev–Trinajstić information content (AvgIpc) is 1.96. The van der Waals surface area contributed by atoms with E-state index in [1.165, 1.54) is 0 Å². The van der Waals surface area contributed by atoms with Crippen LogP contribution >= 0.6 is 0 Å². The minimum absolute atomic E-state index is 0.277. The van der Waals surface area contributed by atoms with Crippen molar-refractivity contribution in [2.45, 2.75) is 25.8 Å². The van der Waals surface area contributed by atoms with Crippen LogP contribution in [0.25, 0.3) is 0 Å². The zero-order valence-electron chi connectivity index (χ0n) is 7.27. The highest BCUT2D eigenvalue weighted by Crippen LogP contribution is 1.80. The highest BCUT2D eigenvalue weighted by Gasteiger charge is 1.91. The molecule has 0 amide bonds. The molecule has 0 spiro atoms. The first kappa shape index (κ1) is 10.8. The van der Waals surface area contributed by atoms with Gasteiger partial charge in [-0.15, -0.1) is 0 Å². The Bertz CT molecular complexity index is 74.8. The molecule has 0 aliphatic rings. The second-order valence-corrected chi connectivity index (χ2v) is 2.76. The molecule has 11 heavy (non-hydrogen) atoms. The summed E-state index contributed by atoms with van der Waals surface area (Å²) in [5, 5.41) is 0. The van der Waals surface area contributed by atoms with E-state index in [9.17, 15) is 0 Å². The van der Waals surface area contributed by atoms with Crippen LogP contribution in [0.4, 0.5) is 0 Å². The van der Waals surface area contributed by atoms with Crippen LogP contribution in [0.15, 0.2) is 0 Å². The summed E-state index contributed by atoms with van der Waals surface area (Å²) in [5.74, 6) is 0. The van der Waals surface area contributed by atoms with Crippen molar-refractivity contribution in [2.24, 2.45) is 11.5 Å². The predicted octanol–water partition coefficient (Wildman–Crippen LogP) is -0.833. The first-order valence-corrected chi connectivity index (χ1v) is 4.18. The van der Waals surface area contributed by atoms with Gasteiger partial charge in [0.15, 0.2) is 0 Å². The van der Waals surface area contributed by atoms with E-state index in [1.54, 1.807) is 0 Å². The lowest BCUT2D eigenvalue weighted by Crippen LogP contribution is -2.36. The summed E-state index contributed by atoms with van der Waals surface area (Å²) >= 11 is 0. The van der Waals surface area contributed by atoms with E-state index in [0.717, 1.165) is 32.5 Å². The molecule has 0 heterocycles. The molecule has 0 bridgehead atoms. The van der Waals surface area contributed by atoms with Gasteiger partial charge in [-0.05, 0) is 26.3 Å². The third-order valence-electron chi connectivity index (χ3n) is 1.36. The maximum Gasteiger partial charge on any atom is 0.0114 e. The number of rotatable bonds is 7. The Hall–Kier alpha value is -0.160. The minimum Gasteiger partial charge on any atom is -0.330 e. The van der Waals surface area contributed by atoms with Crippen molar-refractivity contribution < 1.29 is 0 Å². The summed E-state index contributed by atoms with van der Waals surface area (Å²) in [4.78, 5) is 0. The molecule has 0 radical (unpaired) electrons. The zero-order valence-corrected chi connectivity index (χ0v) is 7.27. The Labute approximate surface area is 68.7 Å². The van der Waals surface area contributed by atoms with Crippen LogP contribution in [-0.4, -0.2) is 25.7 Å². The zero-order chi connectivity index (χ0) is 8.53. The van der Waals surface area contributed by atoms with Crippen molar-refractivity contribution in [3.05, 3.63) is 0 Å². The van der Waals surface area contributed by atoms with Gasteiger partial charge in [-0.1, -0.05) is 0 Å². The molecule has 0 saturated heterocycles. The number of nitrogens with two attached hydrogens (primary N) is 2. The molecule has 4 nitrogen and oxygen atoms in total. The number of hydrazine groups is 1. The van der Waals surface area contributed by atoms with Gasteiger partial charge >= 0.3 is 0 Å². The van der Waals surface area contributed by atoms with Gasteiger partial charge in [0.1, 0.15) is 0 Å². The van der Waals surface area contributed by atoms with Crippen molar-refractivity contribution in [2.75, 3.05) is 19.6 Å². The van der Waals surface area contributed by atoms with E-state index in [4.69, 9.17) is 11.5 Å². The standard InChI is InChI=1S/C7H20N4/c1-7(9)3-6-11-10-5-2-4-8/h7,10-11H,2-6,8-9H2,1H3. The van der Waals surface area contributed by atoms with Gasteiger partial charge in [0, 0.05) is 19.1 Å². The Morgan fingerprint density at radius 3 is 2.45 bits per heavy atom. The molecule has 1 atom stereocenters. The predicted molar refractivity (Wildman–Crippen MR) is 47.9 cm³/mol.